The maximum absolute atomic E-state index is 11.1. The van der Waals surface area contributed by atoms with E-state index in [1.54, 1.807) is 18.2 Å². The monoisotopic (exact) mass is 249 g/mol. The SMILES string of the molecule is CC1CCOC1C(O)c1ccc2[nH]c(=O)oc2c1. The number of hydrogen-bond acceptors (Lipinski definition) is 4. The summed E-state index contributed by atoms with van der Waals surface area (Å²) in [5.41, 5.74) is 1.81. The number of ether oxygens (including phenoxy) is 1. The minimum atomic E-state index is -0.688. The minimum Gasteiger partial charge on any atom is -0.408 e. The Labute approximate surface area is 103 Å². The number of aliphatic hydroxyl groups is 1. The van der Waals surface area contributed by atoms with Gasteiger partial charge in [0, 0.05) is 6.61 Å². The highest BCUT2D eigenvalue weighted by Gasteiger charge is 2.32. The average Bonchev–Trinajstić information content (AvgIpc) is 2.91. The fourth-order valence-corrected chi connectivity index (χ4v) is 2.46. The van der Waals surface area contributed by atoms with Crippen molar-refractivity contribution in [2.45, 2.75) is 25.6 Å². The van der Waals surface area contributed by atoms with Crippen molar-refractivity contribution in [2.24, 2.45) is 5.92 Å². The third-order valence-electron chi connectivity index (χ3n) is 3.54. The highest BCUT2D eigenvalue weighted by Crippen LogP contribution is 2.32. The van der Waals surface area contributed by atoms with E-state index in [0.29, 0.717) is 29.2 Å². The summed E-state index contributed by atoms with van der Waals surface area (Å²) < 4.78 is 10.5. The van der Waals surface area contributed by atoms with Crippen LogP contribution < -0.4 is 5.76 Å². The quantitative estimate of drug-likeness (QED) is 0.847. The normalized spacial score (nSPS) is 25.7. The molecule has 1 aliphatic rings. The molecule has 3 atom stereocenters. The second kappa shape index (κ2) is 4.26. The predicted molar refractivity (Wildman–Crippen MR) is 65.3 cm³/mol. The molecule has 0 saturated carbocycles. The molecule has 0 bridgehead atoms. The summed E-state index contributed by atoms with van der Waals surface area (Å²) in [6, 6.07) is 5.21. The Morgan fingerprint density at radius 1 is 1.50 bits per heavy atom. The highest BCUT2D eigenvalue weighted by atomic mass is 16.5. The highest BCUT2D eigenvalue weighted by molar-refractivity contribution is 5.72. The smallest absolute Gasteiger partial charge is 0.408 e. The van der Waals surface area contributed by atoms with Gasteiger partial charge in [-0.1, -0.05) is 13.0 Å². The Morgan fingerprint density at radius 2 is 2.33 bits per heavy atom. The number of rotatable bonds is 2. The maximum Gasteiger partial charge on any atom is 0.417 e. The minimum absolute atomic E-state index is 0.187. The van der Waals surface area contributed by atoms with E-state index in [1.165, 1.54) is 0 Å². The number of oxazole rings is 1. The average molecular weight is 249 g/mol. The van der Waals surface area contributed by atoms with E-state index >= 15 is 0 Å². The van der Waals surface area contributed by atoms with E-state index in [4.69, 9.17) is 9.15 Å². The lowest BCUT2D eigenvalue weighted by molar-refractivity contribution is -0.0177. The molecule has 1 aromatic heterocycles. The van der Waals surface area contributed by atoms with Crippen molar-refractivity contribution < 1.29 is 14.3 Å². The van der Waals surface area contributed by atoms with Crippen molar-refractivity contribution in [3.8, 4) is 0 Å². The molecular weight excluding hydrogens is 234 g/mol. The number of nitrogens with one attached hydrogen (secondary N) is 1. The molecular formula is C13H15NO4. The van der Waals surface area contributed by atoms with Gasteiger partial charge in [-0.25, -0.2) is 4.79 Å². The van der Waals surface area contributed by atoms with Gasteiger partial charge in [-0.05, 0) is 30.0 Å². The second-order valence-corrected chi connectivity index (χ2v) is 4.82. The molecule has 2 aromatic rings. The van der Waals surface area contributed by atoms with Gasteiger partial charge in [0.25, 0.3) is 0 Å². The summed E-state index contributed by atoms with van der Waals surface area (Å²) in [6.45, 7) is 2.75. The first kappa shape index (κ1) is 11.5. The van der Waals surface area contributed by atoms with E-state index in [9.17, 15) is 9.90 Å². The molecule has 96 valence electrons. The van der Waals surface area contributed by atoms with Crippen LogP contribution in [0, 0.1) is 5.92 Å². The Balaban J connectivity index is 1.95. The molecule has 5 nitrogen and oxygen atoms in total. The van der Waals surface area contributed by atoms with Gasteiger partial charge in [0.05, 0.1) is 11.6 Å². The Hall–Kier alpha value is -1.59. The molecule has 0 spiro atoms. The fourth-order valence-electron chi connectivity index (χ4n) is 2.46. The van der Waals surface area contributed by atoms with Crippen molar-refractivity contribution >= 4 is 11.1 Å². The first-order valence-corrected chi connectivity index (χ1v) is 6.07. The molecule has 1 fully saturated rings. The second-order valence-electron chi connectivity index (χ2n) is 4.82. The lowest BCUT2D eigenvalue weighted by Gasteiger charge is -2.21. The van der Waals surface area contributed by atoms with Crippen LogP contribution in [0.1, 0.15) is 25.0 Å². The number of fused-ring (bicyclic) bond motifs is 1. The van der Waals surface area contributed by atoms with Gasteiger partial charge in [-0.15, -0.1) is 0 Å². The standard InChI is InChI=1S/C13H15NO4/c1-7-4-5-17-12(7)11(15)8-2-3-9-10(6-8)18-13(16)14-9/h2-3,6-7,11-12,15H,4-5H2,1H3,(H,14,16). The fraction of sp³-hybridized carbons (Fsp3) is 0.462. The van der Waals surface area contributed by atoms with Crippen LogP contribution in [0.5, 0.6) is 0 Å². The van der Waals surface area contributed by atoms with Gasteiger partial charge < -0.3 is 14.3 Å². The third-order valence-corrected chi connectivity index (χ3v) is 3.54. The van der Waals surface area contributed by atoms with Crippen LogP contribution in [0.25, 0.3) is 11.1 Å². The van der Waals surface area contributed by atoms with Gasteiger partial charge in [0.2, 0.25) is 0 Å². The molecule has 5 heteroatoms. The zero-order valence-electron chi connectivity index (χ0n) is 10.1. The molecule has 2 N–H and O–H groups in total. The van der Waals surface area contributed by atoms with Gasteiger partial charge >= 0.3 is 5.76 Å². The third kappa shape index (κ3) is 1.85. The predicted octanol–water partition coefficient (Wildman–Crippen LogP) is 1.58. The lowest BCUT2D eigenvalue weighted by Crippen LogP contribution is -2.22. The van der Waals surface area contributed by atoms with E-state index in [2.05, 4.69) is 11.9 Å². The Morgan fingerprint density at radius 3 is 3.06 bits per heavy atom. The number of aliphatic hydroxyl groups excluding tert-OH is 1. The lowest BCUT2D eigenvalue weighted by atomic mass is 9.95. The van der Waals surface area contributed by atoms with Gasteiger partial charge in [-0.3, -0.25) is 4.98 Å². The molecule has 0 radical (unpaired) electrons. The van der Waals surface area contributed by atoms with Crippen LogP contribution in [0.2, 0.25) is 0 Å². The number of aromatic amines is 1. The maximum atomic E-state index is 11.1. The topological polar surface area (TPSA) is 75.5 Å². The zero-order valence-corrected chi connectivity index (χ0v) is 10.1. The molecule has 0 aliphatic carbocycles. The molecule has 0 amide bonds. The molecule has 2 heterocycles. The number of H-pyrrole nitrogens is 1. The van der Waals surface area contributed by atoms with E-state index in [-0.39, 0.29) is 6.10 Å². The summed E-state index contributed by atoms with van der Waals surface area (Å²) >= 11 is 0. The number of hydrogen-bond donors (Lipinski definition) is 2. The summed E-state index contributed by atoms with van der Waals surface area (Å²) in [5, 5.41) is 10.3. The van der Waals surface area contributed by atoms with Crippen molar-refractivity contribution in [3.63, 3.8) is 0 Å². The molecule has 1 aromatic carbocycles. The Kier molecular flexibility index (Phi) is 2.72. The molecule has 1 saturated heterocycles. The van der Waals surface area contributed by atoms with Gasteiger partial charge in [-0.2, -0.15) is 0 Å². The van der Waals surface area contributed by atoms with Crippen LogP contribution in [0.3, 0.4) is 0 Å². The van der Waals surface area contributed by atoms with Crippen molar-refractivity contribution in [3.05, 3.63) is 34.3 Å². The largest absolute Gasteiger partial charge is 0.417 e. The van der Waals surface area contributed by atoms with E-state index in [1.807, 2.05) is 0 Å². The van der Waals surface area contributed by atoms with Crippen LogP contribution in [-0.2, 0) is 4.74 Å². The molecule has 3 rings (SSSR count). The summed E-state index contributed by atoms with van der Waals surface area (Å²) in [4.78, 5) is 13.6. The van der Waals surface area contributed by atoms with E-state index < -0.39 is 11.9 Å². The first-order valence-electron chi connectivity index (χ1n) is 6.07. The summed E-state index contributed by atoms with van der Waals surface area (Å²) in [7, 11) is 0. The molecule has 18 heavy (non-hydrogen) atoms. The van der Waals surface area contributed by atoms with Crippen molar-refractivity contribution in [1.29, 1.82) is 0 Å². The van der Waals surface area contributed by atoms with Crippen LogP contribution in [0.15, 0.2) is 27.4 Å². The van der Waals surface area contributed by atoms with Crippen molar-refractivity contribution in [2.75, 3.05) is 6.61 Å². The molecule has 3 unspecified atom stereocenters. The number of benzene rings is 1. The molecule has 1 aliphatic heterocycles. The van der Waals surface area contributed by atoms with E-state index in [0.717, 1.165) is 6.42 Å². The van der Waals surface area contributed by atoms with Crippen LogP contribution in [-0.4, -0.2) is 22.8 Å². The number of aromatic nitrogens is 1. The van der Waals surface area contributed by atoms with Gasteiger partial charge in [0.1, 0.15) is 6.10 Å². The van der Waals surface area contributed by atoms with Crippen LogP contribution >= 0.6 is 0 Å². The Bertz CT molecular complexity index is 615. The van der Waals surface area contributed by atoms with Crippen molar-refractivity contribution in [1.82, 2.24) is 4.98 Å². The summed E-state index contributed by atoms with van der Waals surface area (Å²) in [6.07, 6.45) is 0.0867. The first-order chi connectivity index (χ1) is 8.65. The van der Waals surface area contributed by atoms with Gasteiger partial charge in [0.15, 0.2) is 5.58 Å². The zero-order chi connectivity index (χ0) is 12.7. The summed E-state index contributed by atoms with van der Waals surface area (Å²) in [5.74, 6) is -0.156. The van der Waals surface area contributed by atoms with Crippen LogP contribution in [0.4, 0.5) is 0 Å².